The van der Waals surface area contributed by atoms with Gasteiger partial charge in [0.15, 0.2) is 0 Å². The van der Waals surface area contributed by atoms with E-state index in [1.54, 1.807) is 6.07 Å². The first-order valence-electron chi connectivity index (χ1n) is 4.10. The maximum absolute atomic E-state index is 13.0. The van der Waals surface area contributed by atoms with Crippen molar-refractivity contribution in [2.75, 3.05) is 0 Å². The molecule has 0 nitrogen and oxygen atoms in total. The summed E-state index contributed by atoms with van der Waals surface area (Å²) >= 11 is 2.06. The van der Waals surface area contributed by atoms with Gasteiger partial charge in [-0.15, -0.1) is 0 Å². The van der Waals surface area contributed by atoms with Crippen LogP contribution in [0.2, 0.25) is 0 Å². The van der Waals surface area contributed by atoms with Crippen molar-refractivity contribution < 1.29 is 13.2 Å². The number of hydrogen-bond acceptors (Lipinski definition) is 0. The van der Waals surface area contributed by atoms with Crippen molar-refractivity contribution in [3.05, 3.63) is 34.9 Å². The number of rotatable bonds is 3. The summed E-state index contributed by atoms with van der Waals surface area (Å²) in [5, 5.41) is 0. The second-order valence-electron chi connectivity index (χ2n) is 3.19. The molecule has 0 spiro atoms. The minimum Gasteiger partial charge on any atom is -0.246 e. The lowest BCUT2D eigenvalue weighted by Gasteiger charge is -2.12. The summed E-state index contributed by atoms with van der Waals surface area (Å²) in [5.74, 6) is -2.90. The summed E-state index contributed by atoms with van der Waals surface area (Å²) in [6, 6.07) is 4.25. The first-order valence-corrected chi connectivity index (χ1v) is 5.63. The fourth-order valence-electron chi connectivity index (χ4n) is 1.17. The number of alkyl halides is 4. The molecule has 1 rings (SSSR count). The monoisotopic (exact) mass is 314 g/mol. The molecule has 14 heavy (non-hydrogen) atoms. The van der Waals surface area contributed by atoms with Crippen molar-refractivity contribution in [2.24, 2.45) is 0 Å². The molecule has 0 saturated carbocycles. The van der Waals surface area contributed by atoms with E-state index in [1.807, 2.05) is 0 Å². The van der Waals surface area contributed by atoms with E-state index >= 15 is 0 Å². The summed E-state index contributed by atoms with van der Waals surface area (Å²) in [6.45, 7) is 0.120. The van der Waals surface area contributed by atoms with Gasteiger partial charge in [-0.1, -0.05) is 28.7 Å². The van der Waals surface area contributed by atoms with Crippen molar-refractivity contribution in [3.8, 4) is 0 Å². The van der Waals surface area contributed by atoms with Crippen LogP contribution >= 0.6 is 22.6 Å². The van der Waals surface area contributed by atoms with E-state index in [9.17, 15) is 13.2 Å². The van der Waals surface area contributed by atoms with Gasteiger partial charge in [-0.3, -0.25) is 0 Å². The third-order valence-electron chi connectivity index (χ3n) is 1.87. The van der Waals surface area contributed by atoms with Crippen LogP contribution in [0.25, 0.3) is 0 Å². The molecule has 0 N–H and O–H groups in total. The van der Waals surface area contributed by atoms with Gasteiger partial charge < -0.3 is 0 Å². The van der Waals surface area contributed by atoms with Gasteiger partial charge in [0.1, 0.15) is 6.67 Å². The second kappa shape index (κ2) is 4.51. The highest BCUT2D eigenvalue weighted by molar-refractivity contribution is 14.1. The van der Waals surface area contributed by atoms with Gasteiger partial charge >= 0.3 is 0 Å². The Bertz CT molecular complexity index is 295. The predicted molar refractivity (Wildman–Crippen MR) is 58.5 cm³/mol. The molecule has 0 aliphatic rings. The zero-order valence-electron chi connectivity index (χ0n) is 7.66. The van der Waals surface area contributed by atoms with E-state index in [2.05, 4.69) is 22.6 Å². The quantitative estimate of drug-likeness (QED) is 0.579. The van der Waals surface area contributed by atoms with Crippen LogP contribution in [0.3, 0.4) is 0 Å². The summed E-state index contributed by atoms with van der Waals surface area (Å²) in [4.78, 5) is 0. The molecule has 0 bridgehead atoms. The van der Waals surface area contributed by atoms with Crippen LogP contribution in [0.1, 0.15) is 23.6 Å². The maximum atomic E-state index is 13.0. The van der Waals surface area contributed by atoms with Crippen LogP contribution in [-0.4, -0.2) is 0 Å². The molecular weight excluding hydrogens is 304 g/mol. The molecule has 0 atom stereocenters. The number of halogens is 4. The van der Waals surface area contributed by atoms with Crippen molar-refractivity contribution in [3.63, 3.8) is 0 Å². The average molecular weight is 314 g/mol. The molecule has 0 fully saturated rings. The molecule has 1 aromatic carbocycles. The molecule has 0 aromatic heterocycles. The SMILES string of the molecule is CC(F)(F)c1cc(CF)cc(CI)c1. The molecule has 0 amide bonds. The largest absolute Gasteiger partial charge is 0.270 e. The zero-order chi connectivity index (χ0) is 10.8. The lowest BCUT2D eigenvalue weighted by molar-refractivity contribution is 0.0173. The lowest BCUT2D eigenvalue weighted by atomic mass is 10.0. The van der Waals surface area contributed by atoms with Crippen molar-refractivity contribution >= 4 is 22.6 Å². The molecular formula is C10H10F3I. The predicted octanol–water partition coefficient (Wildman–Crippen LogP) is 4.20. The Balaban J connectivity index is 3.17. The van der Waals surface area contributed by atoms with Gasteiger partial charge in [-0.2, -0.15) is 0 Å². The minimum atomic E-state index is -2.90. The van der Waals surface area contributed by atoms with Gasteiger partial charge in [-0.05, 0) is 23.3 Å². The first kappa shape index (κ1) is 11.8. The van der Waals surface area contributed by atoms with E-state index in [-0.39, 0.29) is 5.56 Å². The average Bonchev–Trinajstić information content (AvgIpc) is 2.15. The molecule has 1 aromatic rings. The molecule has 4 heteroatoms. The van der Waals surface area contributed by atoms with E-state index in [0.29, 0.717) is 9.99 Å². The normalized spacial score (nSPS) is 11.8. The van der Waals surface area contributed by atoms with Crippen molar-refractivity contribution in [1.82, 2.24) is 0 Å². The van der Waals surface area contributed by atoms with Crippen molar-refractivity contribution in [1.29, 1.82) is 0 Å². The molecule has 0 aliphatic carbocycles. The van der Waals surface area contributed by atoms with Gasteiger partial charge in [0.25, 0.3) is 5.92 Å². The zero-order valence-corrected chi connectivity index (χ0v) is 9.82. The topological polar surface area (TPSA) is 0 Å². The smallest absolute Gasteiger partial charge is 0.246 e. The summed E-state index contributed by atoms with van der Waals surface area (Å²) in [6.07, 6.45) is 0. The first-order chi connectivity index (χ1) is 6.47. The Morgan fingerprint density at radius 2 is 1.79 bits per heavy atom. The van der Waals surface area contributed by atoms with Crippen LogP contribution in [0.5, 0.6) is 0 Å². The maximum Gasteiger partial charge on any atom is 0.270 e. The van der Waals surface area contributed by atoms with Crippen LogP contribution in [0.15, 0.2) is 18.2 Å². The van der Waals surface area contributed by atoms with Crippen LogP contribution in [-0.2, 0) is 17.0 Å². The van der Waals surface area contributed by atoms with Gasteiger partial charge in [0, 0.05) is 16.9 Å². The molecule has 78 valence electrons. The third kappa shape index (κ3) is 2.87. The number of benzene rings is 1. The lowest BCUT2D eigenvalue weighted by Crippen LogP contribution is -2.08. The Kier molecular flexibility index (Phi) is 3.80. The summed E-state index contributed by atoms with van der Waals surface area (Å²) < 4.78 is 38.9. The van der Waals surface area contributed by atoms with Crippen LogP contribution in [0, 0.1) is 0 Å². The highest BCUT2D eigenvalue weighted by atomic mass is 127. The Hall–Kier alpha value is -0.260. The summed E-state index contributed by atoms with van der Waals surface area (Å²) in [7, 11) is 0. The minimum absolute atomic E-state index is 0.112. The second-order valence-corrected chi connectivity index (χ2v) is 3.96. The summed E-state index contributed by atoms with van der Waals surface area (Å²) in [5.41, 5.74) is 0.937. The molecule has 0 unspecified atom stereocenters. The fourth-order valence-corrected chi connectivity index (χ4v) is 1.61. The Labute approximate surface area is 94.6 Å². The van der Waals surface area contributed by atoms with Crippen LogP contribution in [0.4, 0.5) is 13.2 Å². The number of hydrogen-bond donors (Lipinski definition) is 0. The fraction of sp³-hybridized carbons (Fsp3) is 0.400. The van der Waals surface area contributed by atoms with E-state index in [0.717, 1.165) is 12.5 Å². The molecule has 0 heterocycles. The van der Waals surface area contributed by atoms with E-state index in [1.165, 1.54) is 12.1 Å². The van der Waals surface area contributed by atoms with Gasteiger partial charge in [0.05, 0.1) is 0 Å². The molecule has 0 radical (unpaired) electrons. The highest BCUT2D eigenvalue weighted by Gasteiger charge is 2.24. The Morgan fingerprint density at radius 3 is 2.21 bits per heavy atom. The molecule has 0 saturated heterocycles. The van der Waals surface area contributed by atoms with Gasteiger partial charge in [0.2, 0.25) is 0 Å². The van der Waals surface area contributed by atoms with E-state index < -0.39 is 12.6 Å². The highest BCUT2D eigenvalue weighted by Crippen LogP contribution is 2.29. The standard InChI is InChI=1S/C10H10F3I/c1-10(12,13)9-3-7(5-11)2-8(4-9)6-14/h2-4H,5-6H2,1H3. The van der Waals surface area contributed by atoms with Gasteiger partial charge in [-0.25, -0.2) is 13.2 Å². The third-order valence-corrected chi connectivity index (χ3v) is 2.75. The van der Waals surface area contributed by atoms with E-state index in [4.69, 9.17) is 0 Å². The van der Waals surface area contributed by atoms with Crippen molar-refractivity contribution in [2.45, 2.75) is 23.9 Å². The molecule has 0 aliphatic heterocycles. The Morgan fingerprint density at radius 1 is 1.21 bits per heavy atom. The van der Waals surface area contributed by atoms with Crippen LogP contribution < -0.4 is 0 Å².